The highest BCUT2D eigenvalue weighted by molar-refractivity contribution is 9.10. The maximum atomic E-state index is 13.0. The summed E-state index contributed by atoms with van der Waals surface area (Å²) in [5, 5.41) is 1.45. The molecule has 3 rings (SSSR count). The number of thioether (sulfide) groups is 1. The van der Waals surface area contributed by atoms with Crippen LogP contribution in [-0.2, 0) is 4.79 Å². The van der Waals surface area contributed by atoms with Crippen LogP contribution in [0.4, 0.5) is 5.13 Å². The highest BCUT2D eigenvalue weighted by Gasteiger charge is 2.20. The van der Waals surface area contributed by atoms with Gasteiger partial charge in [-0.25, -0.2) is 4.98 Å². The third-order valence-corrected chi connectivity index (χ3v) is 6.82. The van der Waals surface area contributed by atoms with E-state index in [0.717, 1.165) is 37.7 Å². The minimum Gasteiger partial charge on any atom is -0.309 e. The van der Waals surface area contributed by atoms with E-state index in [9.17, 15) is 4.79 Å². The lowest BCUT2D eigenvalue weighted by Crippen LogP contribution is -2.34. The van der Waals surface area contributed by atoms with Crippen LogP contribution in [0.15, 0.2) is 51.8 Å². The number of fused-ring (bicyclic) bond motifs is 1. The second-order valence-corrected chi connectivity index (χ2v) is 9.96. The van der Waals surface area contributed by atoms with Crippen molar-refractivity contribution >= 4 is 71.9 Å². The van der Waals surface area contributed by atoms with Crippen molar-refractivity contribution in [2.24, 2.45) is 0 Å². The van der Waals surface area contributed by atoms with Crippen LogP contribution in [0.25, 0.3) is 10.2 Å². The fourth-order valence-corrected chi connectivity index (χ4v) is 5.09. The molecular weight excluding hydrogens is 478 g/mol. The number of anilines is 1. The van der Waals surface area contributed by atoms with Gasteiger partial charge in [0.1, 0.15) is 0 Å². The summed E-state index contributed by atoms with van der Waals surface area (Å²) in [5.74, 6) is 0.431. The van der Waals surface area contributed by atoms with Gasteiger partial charge in [-0.1, -0.05) is 38.9 Å². The van der Waals surface area contributed by atoms with E-state index in [1.807, 2.05) is 61.5 Å². The molecule has 0 aliphatic carbocycles. The molecule has 2 aromatic carbocycles. The molecule has 0 N–H and O–H groups in total. The average molecular weight is 499 g/mol. The number of hydrogen-bond acceptors (Lipinski definition) is 5. The quantitative estimate of drug-likeness (QED) is 0.368. The average Bonchev–Trinajstić information content (AvgIpc) is 3.07. The molecule has 8 heteroatoms. The molecule has 1 heterocycles. The van der Waals surface area contributed by atoms with Gasteiger partial charge in [-0.15, -0.1) is 11.8 Å². The molecule has 3 aromatic rings. The smallest absolute Gasteiger partial charge is 0.239 e. The first-order valence-corrected chi connectivity index (χ1v) is 11.8. The normalized spacial score (nSPS) is 11.3. The molecule has 0 fully saturated rings. The van der Waals surface area contributed by atoms with Crippen LogP contribution in [0.5, 0.6) is 0 Å². The molecular formula is C20H21BrClN3OS2. The Morgan fingerprint density at radius 1 is 1.18 bits per heavy atom. The van der Waals surface area contributed by atoms with E-state index in [0.29, 0.717) is 17.3 Å². The maximum Gasteiger partial charge on any atom is 0.239 e. The molecule has 4 nitrogen and oxygen atoms in total. The number of rotatable bonds is 8. The largest absolute Gasteiger partial charge is 0.309 e. The standard InChI is InChI=1S/C20H21BrClN3OS2/c1-24(2)10-3-11-25(19(26)13-27-16-7-5-15(22)6-8-16)20-23-17-9-4-14(21)12-18(17)28-20/h4-9,12H,3,10-11,13H2,1-2H3. The third kappa shape index (κ3) is 5.94. The Hall–Kier alpha value is -1.12. The topological polar surface area (TPSA) is 36.4 Å². The van der Waals surface area contributed by atoms with Crippen molar-refractivity contribution in [2.75, 3.05) is 37.8 Å². The van der Waals surface area contributed by atoms with Gasteiger partial charge in [-0.2, -0.15) is 0 Å². The molecule has 148 valence electrons. The maximum absolute atomic E-state index is 13.0. The summed E-state index contributed by atoms with van der Waals surface area (Å²) in [7, 11) is 4.08. The van der Waals surface area contributed by atoms with Crippen molar-refractivity contribution in [3.05, 3.63) is 52.0 Å². The van der Waals surface area contributed by atoms with E-state index in [2.05, 4.69) is 20.8 Å². The van der Waals surface area contributed by atoms with Crippen LogP contribution >= 0.6 is 50.6 Å². The summed E-state index contributed by atoms with van der Waals surface area (Å²) < 4.78 is 2.08. The predicted molar refractivity (Wildman–Crippen MR) is 125 cm³/mol. The Morgan fingerprint density at radius 3 is 2.64 bits per heavy atom. The number of aromatic nitrogens is 1. The first kappa shape index (κ1) is 21.6. The molecule has 0 spiro atoms. The van der Waals surface area contributed by atoms with Gasteiger partial charge in [0.2, 0.25) is 5.91 Å². The molecule has 0 bridgehead atoms. The highest BCUT2D eigenvalue weighted by Crippen LogP contribution is 2.32. The molecule has 0 aliphatic rings. The number of benzene rings is 2. The molecule has 0 atom stereocenters. The van der Waals surface area contributed by atoms with Crippen LogP contribution < -0.4 is 4.90 Å². The Kier molecular flexibility index (Phi) is 7.77. The van der Waals surface area contributed by atoms with Crippen molar-refractivity contribution in [3.63, 3.8) is 0 Å². The van der Waals surface area contributed by atoms with Crippen molar-refractivity contribution in [1.82, 2.24) is 9.88 Å². The monoisotopic (exact) mass is 497 g/mol. The first-order chi connectivity index (χ1) is 13.4. The number of carbonyl (C=O) groups is 1. The Bertz CT molecular complexity index is 946. The number of nitrogens with zero attached hydrogens (tertiary/aromatic N) is 3. The summed E-state index contributed by atoms with van der Waals surface area (Å²) in [6.07, 6.45) is 0.893. The summed E-state index contributed by atoms with van der Waals surface area (Å²) in [5.41, 5.74) is 0.916. The summed E-state index contributed by atoms with van der Waals surface area (Å²) in [6, 6.07) is 13.5. The van der Waals surface area contributed by atoms with Gasteiger partial charge >= 0.3 is 0 Å². The lowest BCUT2D eigenvalue weighted by molar-refractivity contribution is -0.116. The highest BCUT2D eigenvalue weighted by atomic mass is 79.9. The molecule has 1 aromatic heterocycles. The Labute approximate surface area is 187 Å². The van der Waals surface area contributed by atoms with E-state index in [4.69, 9.17) is 16.6 Å². The number of carbonyl (C=O) groups excluding carboxylic acids is 1. The van der Waals surface area contributed by atoms with E-state index in [-0.39, 0.29) is 5.91 Å². The van der Waals surface area contributed by atoms with Crippen LogP contribution in [0.1, 0.15) is 6.42 Å². The van der Waals surface area contributed by atoms with Crippen molar-refractivity contribution < 1.29 is 4.79 Å². The predicted octanol–water partition coefficient (Wildman–Crippen LogP) is 5.79. The molecule has 28 heavy (non-hydrogen) atoms. The Balaban J connectivity index is 1.76. The van der Waals surface area contributed by atoms with Gasteiger partial charge < -0.3 is 4.90 Å². The molecule has 0 radical (unpaired) electrons. The minimum atomic E-state index is 0.0665. The van der Waals surface area contributed by atoms with Crippen LogP contribution in [-0.4, -0.2) is 48.7 Å². The summed E-state index contributed by atoms with van der Waals surface area (Å²) >= 11 is 12.5. The molecule has 1 amide bonds. The molecule has 0 saturated carbocycles. The van der Waals surface area contributed by atoms with Crippen LogP contribution in [0.2, 0.25) is 5.02 Å². The number of halogens is 2. The molecule has 0 saturated heterocycles. The SMILES string of the molecule is CN(C)CCCN(C(=O)CSc1ccc(Cl)cc1)c1nc2ccc(Br)cc2s1. The fourth-order valence-electron chi connectivity index (χ4n) is 2.63. The van der Waals surface area contributed by atoms with Crippen LogP contribution in [0, 0.1) is 0 Å². The van der Waals surface area contributed by atoms with Crippen molar-refractivity contribution in [2.45, 2.75) is 11.3 Å². The number of thiazole rings is 1. The van der Waals surface area contributed by atoms with E-state index >= 15 is 0 Å². The summed E-state index contributed by atoms with van der Waals surface area (Å²) in [6.45, 7) is 1.57. The van der Waals surface area contributed by atoms with Gasteiger partial charge in [-0.3, -0.25) is 9.69 Å². The molecule has 0 unspecified atom stereocenters. The Morgan fingerprint density at radius 2 is 1.93 bits per heavy atom. The molecule has 0 aliphatic heterocycles. The van der Waals surface area contributed by atoms with Gasteiger partial charge in [0.05, 0.1) is 16.0 Å². The summed E-state index contributed by atoms with van der Waals surface area (Å²) in [4.78, 5) is 22.7. The first-order valence-electron chi connectivity index (χ1n) is 8.82. The van der Waals surface area contributed by atoms with Gasteiger partial charge in [-0.05, 0) is 69.5 Å². The zero-order valence-corrected chi connectivity index (χ0v) is 19.7. The lowest BCUT2D eigenvalue weighted by Gasteiger charge is -2.21. The second-order valence-electron chi connectivity index (χ2n) is 6.55. The number of amides is 1. The fraction of sp³-hybridized carbons (Fsp3) is 0.300. The van der Waals surface area contributed by atoms with Gasteiger partial charge in [0.25, 0.3) is 0 Å². The van der Waals surface area contributed by atoms with Crippen molar-refractivity contribution in [3.8, 4) is 0 Å². The van der Waals surface area contributed by atoms with Crippen molar-refractivity contribution in [1.29, 1.82) is 0 Å². The van der Waals surface area contributed by atoms with Gasteiger partial charge in [0.15, 0.2) is 5.13 Å². The third-order valence-electron chi connectivity index (χ3n) is 4.03. The van der Waals surface area contributed by atoms with Gasteiger partial charge in [0, 0.05) is 20.9 Å². The minimum absolute atomic E-state index is 0.0665. The van der Waals surface area contributed by atoms with E-state index in [1.54, 1.807) is 11.3 Å². The van der Waals surface area contributed by atoms with E-state index in [1.165, 1.54) is 11.8 Å². The zero-order chi connectivity index (χ0) is 20.1. The van der Waals surface area contributed by atoms with E-state index < -0.39 is 0 Å². The number of hydrogen-bond donors (Lipinski definition) is 0. The second kappa shape index (κ2) is 10.1. The lowest BCUT2D eigenvalue weighted by atomic mass is 10.3. The zero-order valence-electron chi connectivity index (χ0n) is 15.7. The van der Waals surface area contributed by atoms with Crippen LogP contribution in [0.3, 0.4) is 0 Å².